The summed E-state index contributed by atoms with van der Waals surface area (Å²) in [6.45, 7) is 5.19. The summed E-state index contributed by atoms with van der Waals surface area (Å²) in [5.74, 6) is 0.793. The standard InChI is InChI=1S/C14H23ClN2/c1-3-17-13(9-12(2)16-17)10-14(11-15)7-5-4-6-8-14/h9H,3-8,10-11H2,1-2H3. The Balaban J connectivity index is 2.16. The molecule has 1 aliphatic carbocycles. The molecule has 1 aromatic rings. The van der Waals surface area contributed by atoms with E-state index in [0.717, 1.165) is 24.5 Å². The molecule has 1 heterocycles. The zero-order chi connectivity index (χ0) is 12.3. The minimum Gasteiger partial charge on any atom is -0.270 e. The Morgan fingerprint density at radius 1 is 1.35 bits per heavy atom. The maximum Gasteiger partial charge on any atom is 0.0596 e. The molecule has 2 nitrogen and oxygen atoms in total. The van der Waals surface area contributed by atoms with E-state index < -0.39 is 0 Å². The number of halogens is 1. The number of rotatable bonds is 4. The van der Waals surface area contributed by atoms with Crippen LogP contribution in [0.3, 0.4) is 0 Å². The molecular formula is C14H23ClN2. The number of hydrogen-bond donors (Lipinski definition) is 0. The Bertz CT molecular complexity index is 364. The molecule has 1 aliphatic rings. The molecule has 96 valence electrons. The van der Waals surface area contributed by atoms with Gasteiger partial charge in [0, 0.05) is 18.1 Å². The summed E-state index contributed by atoms with van der Waals surface area (Å²) in [6.07, 6.45) is 7.72. The zero-order valence-electron chi connectivity index (χ0n) is 11.0. The van der Waals surface area contributed by atoms with E-state index in [0.29, 0.717) is 5.41 Å². The van der Waals surface area contributed by atoms with Gasteiger partial charge >= 0.3 is 0 Å². The zero-order valence-corrected chi connectivity index (χ0v) is 11.8. The number of hydrogen-bond acceptors (Lipinski definition) is 1. The Labute approximate surface area is 109 Å². The summed E-state index contributed by atoms with van der Waals surface area (Å²) in [4.78, 5) is 0. The molecule has 0 unspecified atom stereocenters. The third-order valence-electron chi connectivity index (χ3n) is 4.04. The van der Waals surface area contributed by atoms with Crippen LogP contribution in [0.1, 0.15) is 50.4 Å². The van der Waals surface area contributed by atoms with Crippen molar-refractivity contribution in [1.82, 2.24) is 9.78 Å². The topological polar surface area (TPSA) is 17.8 Å². The first-order chi connectivity index (χ1) is 8.19. The summed E-state index contributed by atoms with van der Waals surface area (Å²) < 4.78 is 2.14. The second-order valence-electron chi connectivity index (χ2n) is 5.46. The molecule has 0 N–H and O–H groups in total. The van der Waals surface area contributed by atoms with Gasteiger partial charge in [-0.3, -0.25) is 4.68 Å². The van der Waals surface area contributed by atoms with E-state index in [2.05, 4.69) is 29.7 Å². The van der Waals surface area contributed by atoms with Gasteiger partial charge in [0.1, 0.15) is 0 Å². The molecule has 0 radical (unpaired) electrons. The van der Waals surface area contributed by atoms with E-state index in [-0.39, 0.29) is 0 Å². The molecule has 1 saturated carbocycles. The number of aromatic nitrogens is 2. The molecule has 2 rings (SSSR count). The van der Waals surface area contributed by atoms with Gasteiger partial charge in [-0.25, -0.2) is 0 Å². The van der Waals surface area contributed by atoms with E-state index in [1.807, 2.05) is 0 Å². The fourth-order valence-corrected chi connectivity index (χ4v) is 3.42. The average Bonchev–Trinajstić information content (AvgIpc) is 2.70. The predicted octanol–water partition coefficient (Wildman–Crippen LogP) is 3.94. The van der Waals surface area contributed by atoms with Crippen LogP contribution in [0.2, 0.25) is 0 Å². The van der Waals surface area contributed by atoms with Gasteiger partial charge in [0.2, 0.25) is 0 Å². The van der Waals surface area contributed by atoms with Crippen LogP contribution in [0.5, 0.6) is 0 Å². The van der Waals surface area contributed by atoms with E-state index in [9.17, 15) is 0 Å². The fraction of sp³-hybridized carbons (Fsp3) is 0.786. The predicted molar refractivity (Wildman–Crippen MR) is 72.6 cm³/mol. The molecule has 3 heteroatoms. The van der Waals surface area contributed by atoms with Gasteiger partial charge in [-0.15, -0.1) is 11.6 Å². The van der Waals surface area contributed by atoms with Crippen molar-refractivity contribution in [3.63, 3.8) is 0 Å². The lowest BCUT2D eigenvalue weighted by Gasteiger charge is -2.35. The summed E-state index contributed by atoms with van der Waals surface area (Å²) in [5, 5.41) is 4.53. The largest absolute Gasteiger partial charge is 0.270 e. The molecule has 0 aliphatic heterocycles. The summed E-state index contributed by atoms with van der Waals surface area (Å²) in [7, 11) is 0. The summed E-state index contributed by atoms with van der Waals surface area (Å²) in [5.41, 5.74) is 2.83. The van der Waals surface area contributed by atoms with Crippen molar-refractivity contribution in [2.45, 2.75) is 58.9 Å². The van der Waals surface area contributed by atoms with Crippen molar-refractivity contribution in [2.75, 3.05) is 5.88 Å². The molecular weight excluding hydrogens is 232 g/mol. The van der Waals surface area contributed by atoms with Crippen molar-refractivity contribution in [3.05, 3.63) is 17.5 Å². The van der Waals surface area contributed by atoms with Crippen molar-refractivity contribution in [2.24, 2.45) is 5.41 Å². The highest BCUT2D eigenvalue weighted by molar-refractivity contribution is 6.18. The highest BCUT2D eigenvalue weighted by atomic mass is 35.5. The van der Waals surface area contributed by atoms with Gasteiger partial charge < -0.3 is 0 Å². The maximum absolute atomic E-state index is 6.26. The molecule has 0 amide bonds. The Kier molecular flexibility index (Phi) is 4.13. The van der Waals surface area contributed by atoms with Crippen LogP contribution in [-0.4, -0.2) is 15.7 Å². The second kappa shape index (κ2) is 5.43. The Morgan fingerprint density at radius 2 is 2.06 bits per heavy atom. The fourth-order valence-electron chi connectivity index (χ4n) is 3.06. The van der Waals surface area contributed by atoms with Gasteiger partial charge in [-0.1, -0.05) is 19.3 Å². The summed E-state index contributed by atoms with van der Waals surface area (Å²) >= 11 is 6.26. The monoisotopic (exact) mass is 254 g/mol. The molecule has 1 fully saturated rings. The van der Waals surface area contributed by atoms with Crippen LogP contribution in [0.25, 0.3) is 0 Å². The van der Waals surface area contributed by atoms with E-state index in [4.69, 9.17) is 11.6 Å². The van der Waals surface area contributed by atoms with Gasteiger partial charge in [0.15, 0.2) is 0 Å². The first-order valence-corrected chi connectivity index (χ1v) is 7.32. The third kappa shape index (κ3) is 2.85. The van der Waals surface area contributed by atoms with Crippen LogP contribution >= 0.6 is 11.6 Å². The number of nitrogens with zero attached hydrogens (tertiary/aromatic N) is 2. The minimum atomic E-state index is 0.333. The normalized spacial score (nSPS) is 19.5. The molecule has 17 heavy (non-hydrogen) atoms. The second-order valence-corrected chi connectivity index (χ2v) is 5.73. The minimum absolute atomic E-state index is 0.333. The van der Waals surface area contributed by atoms with Crippen molar-refractivity contribution in [3.8, 4) is 0 Å². The van der Waals surface area contributed by atoms with Crippen LogP contribution in [-0.2, 0) is 13.0 Å². The number of alkyl halides is 1. The smallest absolute Gasteiger partial charge is 0.0596 e. The Hall–Kier alpha value is -0.500. The van der Waals surface area contributed by atoms with Crippen LogP contribution < -0.4 is 0 Å². The van der Waals surface area contributed by atoms with Gasteiger partial charge in [0.05, 0.1) is 5.69 Å². The van der Waals surface area contributed by atoms with Gasteiger partial charge in [-0.2, -0.15) is 5.10 Å². The highest BCUT2D eigenvalue weighted by Gasteiger charge is 2.32. The molecule has 0 saturated heterocycles. The van der Waals surface area contributed by atoms with Crippen molar-refractivity contribution in [1.29, 1.82) is 0 Å². The molecule has 0 spiro atoms. The lowest BCUT2D eigenvalue weighted by atomic mass is 9.72. The van der Waals surface area contributed by atoms with Crippen molar-refractivity contribution < 1.29 is 0 Å². The quantitative estimate of drug-likeness (QED) is 0.744. The molecule has 0 aromatic carbocycles. The number of aryl methyl sites for hydroxylation is 2. The van der Waals surface area contributed by atoms with Crippen LogP contribution in [0, 0.1) is 12.3 Å². The summed E-state index contributed by atoms with van der Waals surface area (Å²) in [6, 6.07) is 2.23. The first kappa shape index (κ1) is 12.9. The third-order valence-corrected chi connectivity index (χ3v) is 4.61. The average molecular weight is 255 g/mol. The van der Waals surface area contributed by atoms with Crippen LogP contribution in [0.15, 0.2) is 6.07 Å². The molecule has 0 bridgehead atoms. The van der Waals surface area contributed by atoms with E-state index in [1.54, 1.807) is 0 Å². The lowest BCUT2D eigenvalue weighted by Crippen LogP contribution is -2.29. The molecule has 1 aromatic heterocycles. The van der Waals surface area contributed by atoms with Gasteiger partial charge in [-0.05, 0) is 44.6 Å². The maximum atomic E-state index is 6.26. The van der Waals surface area contributed by atoms with Gasteiger partial charge in [0.25, 0.3) is 0 Å². The van der Waals surface area contributed by atoms with Crippen LogP contribution in [0.4, 0.5) is 0 Å². The SMILES string of the molecule is CCn1nc(C)cc1CC1(CCl)CCCCC1. The molecule has 0 atom stereocenters. The van der Waals surface area contributed by atoms with E-state index >= 15 is 0 Å². The highest BCUT2D eigenvalue weighted by Crippen LogP contribution is 2.40. The Morgan fingerprint density at radius 3 is 2.65 bits per heavy atom. The lowest BCUT2D eigenvalue weighted by molar-refractivity contribution is 0.214. The van der Waals surface area contributed by atoms with Crippen molar-refractivity contribution >= 4 is 11.6 Å². The van der Waals surface area contributed by atoms with E-state index in [1.165, 1.54) is 37.8 Å². The first-order valence-electron chi connectivity index (χ1n) is 6.78.